The van der Waals surface area contributed by atoms with Gasteiger partial charge in [0.2, 0.25) is 0 Å². The molecule has 0 saturated heterocycles. The Balaban J connectivity index is 2.11. The number of benzene rings is 1. The largest absolute Gasteiger partial charge is 0.397 e. The van der Waals surface area contributed by atoms with Crippen molar-refractivity contribution in [2.45, 2.75) is 19.3 Å². The molecule has 1 aliphatic carbocycles. The summed E-state index contributed by atoms with van der Waals surface area (Å²) in [5, 5.41) is 13.4. The van der Waals surface area contributed by atoms with Crippen molar-refractivity contribution in [2.24, 2.45) is 5.92 Å². The van der Waals surface area contributed by atoms with E-state index in [-0.39, 0.29) is 22.0 Å². The third-order valence-electron chi connectivity index (χ3n) is 3.10. The molecular formula is C12H14ClN3O3. The van der Waals surface area contributed by atoms with Crippen LogP contribution in [0.5, 0.6) is 0 Å². The van der Waals surface area contributed by atoms with Crippen molar-refractivity contribution in [3.05, 3.63) is 32.8 Å². The van der Waals surface area contributed by atoms with E-state index in [4.69, 9.17) is 17.3 Å². The number of nitrogens with two attached hydrogens (primary N) is 1. The fourth-order valence-corrected chi connectivity index (χ4v) is 2.00. The first kappa shape index (κ1) is 13.6. The number of nitrogens with zero attached hydrogens (tertiary/aromatic N) is 1. The summed E-state index contributed by atoms with van der Waals surface area (Å²) in [6.07, 6.45) is 3.34. The predicted molar refractivity (Wildman–Crippen MR) is 72.2 cm³/mol. The zero-order valence-electron chi connectivity index (χ0n) is 10.2. The van der Waals surface area contributed by atoms with E-state index in [2.05, 4.69) is 5.32 Å². The van der Waals surface area contributed by atoms with Gasteiger partial charge in [-0.15, -0.1) is 0 Å². The van der Waals surface area contributed by atoms with Gasteiger partial charge in [0.1, 0.15) is 0 Å². The van der Waals surface area contributed by atoms with Gasteiger partial charge in [0.15, 0.2) is 0 Å². The smallest absolute Gasteiger partial charge is 0.271 e. The van der Waals surface area contributed by atoms with Crippen LogP contribution in [0.2, 0.25) is 5.02 Å². The van der Waals surface area contributed by atoms with Crippen LogP contribution < -0.4 is 11.1 Å². The minimum atomic E-state index is -0.605. The van der Waals surface area contributed by atoms with Gasteiger partial charge in [-0.05, 0) is 12.3 Å². The van der Waals surface area contributed by atoms with Crippen LogP contribution in [-0.2, 0) is 0 Å². The Labute approximate surface area is 115 Å². The summed E-state index contributed by atoms with van der Waals surface area (Å²) < 4.78 is 0. The number of hydrogen-bond donors (Lipinski definition) is 2. The number of rotatable bonds is 5. The van der Waals surface area contributed by atoms with E-state index in [1.165, 1.54) is 12.8 Å². The number of nitrogen functional groups attached to an aromatic ring is 1. The number of halogens is 1. The molecule has 0 bridgehead atoms. The maximum Gasteiger partial charge on any atom is 0.271 e. The van der Waals surface area contributed by atoms with Crippen LogP contribution in [0.3, 0.4) is 0 Å². The van der Waals surface area contributed by atoms with E-state index >= 15 is 0 Å². The molecule has 0 unspecified atom stereocenters. The topological polar surface area (TPSA) is 98.3 Å². The summed E-state index contributed by atoms with van der Waals surface area (Å²) in [6.45, 7) is 0.545. The van der Waals surface area contributed by atoms with Crippen LogP contribution in [0.15, 0.2) is 12.1 Å². The molecule has 1 amide bonds. The highest BCUT2D eigenvalue weighted by atomic mass is 35.5. The lowest BCUT2D eigenvalue weighted by molar-refractivity contribution is -0.384. The number of nitro groups is 1. The lowest BCUT2D eigenvalue weighted by Gasteiger charge is -2.08. The average Bonchev–Trinajstić information content (AvgIpc) is 3.16. The number of hydrogen-bond acceptors (Lipinski definition) is 4. The Morgan fingerprint density at radius 3 is 2.79 bits per heavy atom. The monoisotopic (exact) mass is 283 g/mol. The SMILES string of the molecule is Nc1c(Cl)cc([N+](=O)[O-])cc1C(=O)NCCC1CC1. The summed E-state index contributed by atoms with van der Waals surface area (Å²) >= 11 is 5.79. The third kappa shape index (κ3) is 3.35. The number of amides is 1. The fraction of sp³-hybridized carbons (Fsp3) is 0.417. The molecule has 0 spiro atoms. The molecule has 3 N–H and O–H groups in total. The highest BCUT2D eigenvalue weighted by Crippen LogP contribution is 2.32. The molecule has 1 saturated carbocycles. The van der Waals surface area contributed by atoms with Crippen molar-refractivity contribution in [3.8, 4) is 0 Å². The summed E-state index contributed by atoms with van der Waals surface area (Å²) in [5.74, 6) is 0.273. The first-order chi connectivity index (χ1) is 8.99. The first-order valence-electron chi connectivity index (χ1n) is 6.00. The summed E-state index contributed by atoms with van der Waals surface area (Å²) in [6, 6.07) is 2.28. The Kier molecular flexibility index (Phi) is 3.90. The van der Waals surface area contributed by atoms with Gasteiger partial charge in [-0.1, -0.05) is 24.4 Å². The highest BCUT2D eigenvalue weighted by molar-refractivity contribution is 6.34. The van der Waals surface area contributed by atoms with E-state index in [9.17, 15) is 14.9 Å². The van der Waals surface area contributed by atoms with Gasteiger partial charge in [-0.25, -0.2) is 0 Å². The standard InChI is InChI=1S/C12H14ClN3O3/c13-10-6-8(16(18)19)5-9(11(10)14)12(17)15-4-3-7-1-2-7/h5-7H,1-4,14H2,(H,15,17). The summed E-state index contributed by atoms with van der Waals surface area (Å²) in [7, 11) is 0. The number of carbonyl (C=O) groups is 1. The van der Waals surface area contributed by atoms with Crippen LogP contribution in [0.4, 0.5) is 11.4 Å². The van der Waals surface area contributed by atoms with Crippen LogP contribution in [-0.4, -0.2) is 17.4 Å². The third-order valence-corrected chi connectivity index (χ3v) is 3.42. The summed E-state index contributed by atoms with van der Waals surface area (Å²) in [4.78, 5) is 22.0. The van der Waals surface area contributed by atoms with Crippen LogP contribution in [0.25, 0.3) is 0 Å². The molecule has 2 rings (SSSR count). The van der Waals surface area contributed by atoms with Crippen LogP contribution in [0, 0.1) is 16.0 Å². The Morgan fingerprint density at radius 2 is 2.21 bits per heavy atom. The molecule has 0 aromatic heterocycles. The van der Waals surface area contributed by atoms with E-state index in [1.807, 2.05) is 0 Å². The molecule has 0 atom stereocenters. The van der Waals surface area contributed by atoms with E-state index in [0.29, 0.717) is 12.5 Å². The molecule has 1 aromatic carbocycles. The maximum absolute atomic E-state index is 11.9. The number of anilines is 1. The van der Waals surface area contributed by atoms with Crippen molar-refractivity contribution in [3.63, 3.8) is 0 Å². The Hall–Kier alpha value is -1.82. The van der Waals surface area contributed by atoms with Gasteiger partial charge in [-0.3, -0.25) is 14.9 Å². The fourth-order valence-electron chi connectivity index (χ4n) is 1.79. The Bertz CT molecular complexity index is 529. The molecule has 102 valence electrons. The van der Waals surface area contributed by atoms with Crippen molar-refractivity contribution in [2.75, 3.05) is 12.3 Å². The summed E-state index contributed by atoms with van der Waals surface area (Å²) in [5.41, 5.74) is 5.55. The van der Waals surface area contributed by atoms with Gasteiger partial charge in [0.25, 0.3) is 11.6 Å². The normalized spacial score (nSPS) is 14.2. The highest BCUT2D eigenvalue weighted by Gasteiger charge is 2.22. The van der Waals surface area contributed by atoms with Gasteiger partial charge in [0.05, 0.1) is 21.2 Å². The minimum Gasteiger partial charge on any atom is -0.397 e. The Morgan fingerprint density at radius 1 is 1.53 bits per heavy atom. The van der Waals surface area contributed by atoms with Gasteiger partial charge in [-0.2, -0.15) is 0 Å². The second kappa shape index (κ2) is 5.44. The van der Waals surface area contributed by atoms with Gasteiger partial charge in [0, 0.05) is 18.7 Å². The lowest BCUT2D eigenvalue weighted by atomic mass is 10.1. The molecular weight excluding hydrogens is 270 g/mol. The number of non-ortho nitro benzene ring substituents is 1. The van der Waals surface area contributed by atoms with Gasteiger partial charge >= 0.3 is 0 Å². The molecule has 0 heterocycles. The lowest BCUT2D eigenvalue weighted by Crippen LogP contribution is -2.25. The van der Waals surface area contributed by atoms with Gasteiger partial charge < -0.3 is 11.1 Å². The van der Waals surface area contributed by atoms with Crippen molar-refractivity contribution in [1.29, 1.82) is 0 Å². The molecule has 19 heavy (non-hydrogen) atoms. The number of nitro benzene ring substituents is 1. The molecule has 7 heteroatoms. The molecule has 1 fully saturated rings. The van der Waals surface area contributed by atoms with Crippen LogP contribution in [0.1, 0.15) is 29.6 Å². The quantitative estimate of drug-likeness (QED) is 0.492. The number of nitrogens with one attached hydrogen (secondary N) is 1. The second-order valence-electron chi connectivity index (χ2n) is 4.63. The predicted octanol–water partition coefficient (Wildman–Crippen LogP) is 2.36. The zero-order valence-corrected chi connectivity index (χ0v) is 10.9. The van der Waals surface area contributed by atoms with Crippen molar-refractivity contribution < 1.29 is 9.72 Å². The van der Waals surface area contributed by atoms with E-state index < -0.39 is 10.8 Å². The average molecular weight is 284 g/mol. The zero-order chi connectivity index (χ0) is 14.0. The van der Waals surface area contributed by atoms with Crippen LogP contribution >= 0.6 is 11.6 Å². The minimum absolute atomic E-state index is 0.0153. The van der Waals surface area contributed by atoms with E-state index in [0.717, 1.165) is 18.6 Å². The molecule has 1 aliphatic rings. The molecule has 0 aliphatic heterocycles. The first-order valence-corrected chi connectivity index (χ1v) is 6.38. The number of carbonyl (C=O) groups excluding carboxylic acids is 1. The maximum atomic E-state index is 11.9. The molecule has 0 radical (unpaired) electrons. The molecule has 6 nitrogen and oxygen atoms in total. The molecule has 1 aromatic rings. The van der Waals surface area contributed by atoms with Crippen molar-refractivity contribution >= 4 is 28.9 Å². The van der Waals surface area contributed by atoms with Crippen molar-refractivity contribution in [1.82, 2.24) is 5.32 Å². The second-order valence-corrected chi connectivity index (χ2v) is 5.04. The van der Waals surface area contributed by atoms with E-state index in [1.54, 1.807) is 0 Å².